The van der Waals surface area contributed by atoms with Crippen molar-refractivity contribution in [3.63, 3.8) is 0 Å². The van der Waals surface area contributed by atoms with Crippen molar-refractivity contribution >= 4 is 10.0 Å². The lowest BCUT2D eigenvalue weighted by Crippen LogP contribution is -2.35. The van der Waals surface area contributed by atoms with Gasteiger partial charge >= 0.3 is 0 Å². The smallest absolute Gasteiger partial charge is 0.218 e. The highest BCUT2D eigenvalue weighted by molar-refractivity contribution is 7.90. The average molecular weight is 249 g/mol. The molecular formula is C13H15NO2S. The lowest BCUT2D eigenvalue weighted by molar-refractivity contribution is 0.557. The van der Waals surface area contributed by atoms with Crippen LogP contribution in [0.4, 0.5) is 0 Å². The molecule has 0 spiro atoms. The first-order valence-corrected chi connectivity index (χ1v) is 6.89. The van der Waals surface area contributed by atoms with Crippen LogP contribution < -0.4 is 5.14 Å². The molecule has 0 heterocycles. The van der Waals surface area contributed by atoms with Crippen LogP contribution in [0, 0.1) is 0 Å². The minimum atomic E-state index is -3.64. The van der Waals surface area contributed by atoms with Gasteiger partial charge in [0.1, 0.15) is 4.75 Å². The lowest BCUT2D eigenvalue weighted by Gasteiger charge is -2.22. The molecule has 90 valence electrons. The average Bonchev–Trinajstić information content (AvgIpc) is 2.47. The number of primary sulfonamides is 1. The van der Waals surface area contributed by atoms with Crippen LogP contribution in [0.2, 0.25) is 0 Å². The van der Waals surface area contributed by atoms with Crippen LogP contribution in [0.1, 0.15) is 19.4 Å². The molecule has 0 amide bonds. The largest absolute Gasteiger partial charge is 0.228 e. The van der Waals surface area contributed by atoms with Gasteiger partial charge in [-0.1, -0.05) is 42.5 Å². The Morgan fingerprint density at radius 3 is 2.29 bits per heavy atom. The first kappa shape index (κ1) is 12.1. The van der Waals surface area contributed by atoms with E-state index in [0.717, 1.165) is 16.7 Å². The first-order valence-electron chi connectivity index (χ1n) is 5.34. The summed E-state index contributed by atoms with van der Waals surface area (Å²) in [6, 6.07) is 13.3. The van der Waals surface area contributed by atoms with Crippen LogP contribution in [0.5, 0.6) is 0 Å². The van der Waals surface area contributed by atoms with E-state index < -0.39 is 14.8 Å². The molecule has 0 aromatic carbocycles. The topological polar surface area (TPSA) is 60.2 Å². The van der Waals surface area contributed by atoms with E-state index in [9.17, 15) is 8.42 Å². The SMILES string of the molecule is CC(C)(c1ccc2cccccc1-2)S(N)(=O)=O. The number of hydrogen-bond acceptors (Lipinski definition) is 2. The molecule has 0 radical (unpaired) electrons. The summed E-state index contributed by atoms with van der Waals surface area (Å²) in [5.41, 5.74) is 2.68. The Bertz CT molecular complexity index is 617. The van der Waals surface area contributed by atoms with Crippen molar-refractivity contribution in [2.75, 3.05) is 0 Å². The van der Waals surface area contributed by atoms with E-state index in [1.165, 1.54) is 0 Å². The van der Waals surface area contributed by atoms with Crippen LogP contribution in [0.15, 0.2) is 42.5 Å². The van der Waals surface area contributed by atoms with E-state index in [1.54, 1.807) is 13.8 Å². The van der Waals surface area contributed by atoms with Gasteiger partial charge in [0.25, 0.3) is 0 Å². The molecule has 0 aromatic rings. The molecule has 0 atom stereocenters. The third-order valence-corrected chi connectivity index (χ3v) is 4.79. The van der Waals surface area contributed by atoms with Crippen molar-refractivity contribution in [2.45, 2.75) is 18.6 Å². The number of sulfonamides is 1. The maximum Gasteiger partial charge on any atom is 0.218 e. The van der Waals surface area contributed by atoms with Gasteiger partial charge in [0.2, 0.25) is 10.0 Å². The van der Waals surface area contributed by atoms with E-state index in [2.05, 4.69) is 0 Å². The highest BCUT2D eigenvalue weighted by Gasteiger charge is 2.35. The number of fused-ring (bicyclic) bond motifs is 1. The fourth-order valence-corrected chi connectivity index (χ4v) is 2.38. The van der Waals surface area contributed by atoms with Crippen LogP contribution >= 0.6 is 0 Å². The quantitative estimate of drug-likeness (QED) is 0.887. The standard InChI is InChI=1S/C13H15NO2S/c1-13(2,17(14,15)16)12-9-8-10-6-4-3-5-7-11(10)12/h3-9H,1-2H3,(H2,14,15,16). The highest BCUT2D eigenvalue weighted by Crippen LogP contribution is 2.37. The van der Waals surface area contributed by atoms with Crippen molar-refractivity contribution in [1.29, 1.82) is 0 Å². The van der Waals surface area contributed by atoms with Gasteiger partial charge < -0.3 is 0 Å². The Hall–Kier alpha value is -1.39. The van der Waals surface area contributed by atoms with Crippen LogP contribution in [0.3, 0.4) is 0 Å². The second-order valence-corrected chi connectivity index (χ2v) is 6.69. The zero-order valence-corrected chi connectivity index (χ0v) is 10.7. The molecule has 2 aliphatic rings. The van der Waals surface area contributed by atoms with Crippen LogP contribution in [-0.2, 0) is 14.8 Å². The molecule has 0 aliphatic heterocycles. The molecule has 0 aromatic heterocycles. The van der Waals surface area contributed by atoms with E-state index in [1.807, 2.05) is 42.5 Å². The van der Waals surface area contributed by atoms with Gasteiger partial charge in [0, 0.05) is 0 Å². The summed E-state index contributed by atoms with van der Waals surface area (Å²) in [5.74, 6) is 0. The molecule has 0 unspecified atom stereocenters. The summed E-state index contributed by atoms with van der Waals surface area (Å²) in [4.78, 5) is 0. The monoisotopic (exact) mass is 249 g/mol. The molecule has 2 rings (SSSR count). The zero-order chi connectivity index (χ0) is 12.7. The van der Waals surface area contributed by atoms with Gasteiger partial charge in [-0.05, 0) is 30.5 Å². The van der Waals surface area contributed by atoms with Gasteiger partial charge in [-0.3, -0.25) is 0 Å². The lowest BCUT2D eigenvalue weighted by atomic mass is 9.99. The van der Waals surface area contributed by atoms with Crippen LogP contribution in [-0.4, -0.2) is 8.42 Å². The van der Waals surface area contributed by atoms with Gasteiger partial charge in [-0.2, -0.15) is 0 Å². The fourth-order valence-electron chi connectivity index (χ4n) is 1.89. The van der Waals surface area contributed by atoms with E-state index >= 15 is 0 Å². The van der Waals surface area contributed by atoms with Crippen molar-refractivity contribution in [3.05, 3.63) is 48.0 Å². The minimum Gasteiger partial charge on any atom is -0.228 e. The number of rotatable bonds is 2. The molecule has 4 heteroatoms. The van der Waals surface area contributed by atoms with Crippen molar-refractivity contribution < 1.29 is 8.42 Å². The fraction of sp³-hybridized carbons (Fsp3) is 0.231. The van der Waals surface area contributed by atoms with Crippen molar-refractivity contribution in [1.82, 2.24) is 0 Å². The summed E-state index contributed by atoms with van der Waals surface area (Å²) < 4.78 is 22.2. The van der Waals surface area contributed by atoms with Gasteiger partial charge in [-0.25, -0.2) is 13.6 Å². The Morgan fingerprint density at radius 1 is 1.00 bits per heavy atom. The summed E-state index contributed by atoms with van der Waals surface area (Å²) in [6.45, 7) is 3.26. The van der Waals surface area contributed by atoms with Gasteiger partial charge in [0.15, 0.2) is 0 Å². The Balaban J connectivity index is 2.69. The summed E-state index contributed by atoms with van der Waals surface area (Å²) in [5, 5.41) is 5.30. The molecule has 0 saturated carbocycles. The number of nitrogens with two attached hydrogens (primary N) is 1. The van der Waals surface area contributed by atoms with E-state index in [-0.39, 0.29) is 0 Å². The molecule has 0 saturated heterocycles. The first-order chi connectivity index (χ1) is 7.84. The van der Waals surface area contributed by atoms with Crippen molar-refractivity contribution in [2.24, 2.45) is 5.14 Å². The van der Waals surface area contributed by atoms with E-state index in [4.69, 9.17) is 5.14 Å². The molecular weight excluding hydrogens is 234 g/mol. The van der Waals surface area contributed by atoms with Gasteiger partial charge in [0.05, 0.1) is 0 Å². The predicted octanol–water partition coefficient (Wildman–Crippen LogP) is 2.31. The normalized spacial score (nSPS) is 12.9. The van der Waals surface area contributed by atoms with E-state index in [0.29, 0.717) is 0 Å². The summed E-state index contributed by atoms with van der Waals surface area (Å²) >= 11 is 0. The maximum atomic E-state index is 11.7. The second kappa shape index (κ2) is 3.82. The molecule has 0 bridgehead atoms. The Labute approximate surface area is 102 Å². The minimum absolute atomic E-state index is 0.742. The molecule has 17 heavy (non-hydrogen) atoms. The highest BCUT2D eigenvalue weighted by atomic mass is 32.2. The third kappa shape index (κ3) is 1.94. The summed E-state index contributed by atoms with van der Waals surface area (Å²) in [6.07, 6.45) is 0. The second-order valence-electron chi connectivity index (χ2n) is 4.58. The zero-order valence-electron chi connectivity index (χ0n) is 9.84. The molecule has 2 N–H and O–H groups in total. The van der Waals surface area contributed by atoms with Gasteiger partial charge in [-0.15, -0.1) is 0 Å². The molecule has 2 aliphatic carbocycles. The van der Waals surface area contributed by atoms with Crippen LogP contribution in [0.25, 0.3) is 11.1 Å². The summed E-state index contributed by atoms with van der Waals surface area (Å²) in [7, 11) is -3.64. The van der Waals surface area contributed by atoms with Crippen molar-refractivity contribution in [3.8, 4) is 11.1 Å². The Morgan fingerprint density at radius 2 is 1.65 bits per heavy atom. The third-order valence-electron chi connectivity index (χ3n) is 3.15. The maximum absolute atomic E-state index is 11.7. The number of hydrogen-bond donors (Lipinski definition) is 1. The molecule has 0 fully saturated rings. The predicted molar refractivity (Wildman–Crippen MR) is 69.2 cm³/mol. The Kier molecular flexibility index (Phi) is 2.72. The molecule has 3 nitrogen and oxygen atoms in total.